The third kappa shape index (κ3) is 6.40. The standard InChI is InChI=1S/C18H34N2O3/c1-3-17(23-16-6-4-5-7-16)18(22)19-12-15(21)13-20-10-8-14(2)9-11-20/h14-17,21H,3-13H2,1-2H3,(H,19,22). The van der Waals surface area contributed by atoms with Gasteiger partial charge in [-0.25, -0.2) is 0 Å². The minimum atomic E-state index is -0.503. The summed E-state index contributed by atoms with van der Waals surface area (Å²) < 4.78 is 5.91. The van der Waals surface area contributed by atoms with Crippen molar-refractivity contribution < 1.29 is 14.6 Å². The average Bonchev–Trinajstić information content (AvgIpc) is 3.05. The number of nitrogens with one attached hydrogen (secondary N) is 1. The number of ether oxygens (including phenoxy) is 1. The van der Waals surface area contributed by atoms with Gasteiger partial charge < -0.3 is 20.1 Å². The summed E-state index contributed by atoms with van der Waals surface area (Å²) in [6, 6.07) is 0. The molecule has 2 unspecified atom stereocenters. The first-order valence-corrected chi connectivity index (χ1v) is 9.42. The molecule has 0 spiro atoms. The summed E-state index contributed by atoms with van der Waals surface area (Å²) in [7, 11) is 0. The third-order valence-electron chi connectivity index (χ3n) is 5.18. The SMILES string of the molecule is CCC(OC1CCCC1)C(=O)NCC(O)CN1CCC(C)CC1. The number of amides is 1. The highest BCUT2D eigenvalue weighted by molar-refractivity contribution is 5.80. The zero-order valence-corrected chi connectivity index (χ0v) is 14.8. The van der Waals surface area contributed by atoms with E-state index >= 15 is 0 Å². The van der Waals surface area contributed by atoms with E-state index in [4.69, 9.17) is 4.74 Å². The summed E-state index contributed by atoms with van der Waals surface area (Å²) in [5, 5.41) is 13.0. The summed E-state index contributed by atoms with van der Waals surface area (Å²) in [5.41, 5.74) is 0. The topological polar surface area (TPSA) is 61.8 Å². The molecule has 0 radical (unpaired) electrons. The van der Waals surface area contributed by atoms with Crippen LogP contribution in [0.1, 0.15) is 58.8 Å². The molecule has 2 aliphatic rings. The molecule has 0 aromatic rings. The van der Waals surface area contributed by atoms with Crippen molar-refractivity contribution in [1.29, 1.82) is 0 Å². The van der Waals surface area contributed by atoms with Gasteiger partial charge in [-0.3, -0.25) is 4.79 Å². The normalized spacial score (nSPS) is 23.8. The molecule has 2 N–H and O–H groups in total. The minimum Gasteiger partial charge on any atom is -0.390 e. The lowest BCUT2D eigenvalue weighted by atomic mass is 9.99. The molecule has 2 atom stereocenters. The van der Waals surface area contributed by atoms with Crippen molar-refractivity contribution in [2.75, 3.05) is 26.2 Å². The zero-order valence-electron chi connectivity index (χ0n) is 14.8. The Morgan fingerprint density at radius 2 is 1.91 bits per heavy atom. The Kier molecular flexibility index (Phi) is 7.80. The number of rotatable bonds is 8. The number of likely N-dealkylation sites (tertiary alicyclic amines) is 1. The fourth-order valence-electron chi connectivity index (χ4n) is 3.54. The van der Waals surface area contributed by atoms with E-state index < -0.39 is 6.10 Å². The third-order valence-corrected chi connectivity index (χ3v) is 5.18. The monoisotopic (exact) mass is 326 g/mol. The highest BCUT2D eigenvalue weighted by Gasteiger charge is 2.25. The van der Waals surface area contributed by atoms with Crippen LogP contribution in [0.3, 0.4) is 0 Å². The van der Waals surface area contributed by atoms with Crippen molar-refractivity contribution in [3.63, 3.8) is 0 Å². The van der Waals surface area contributed by atoms with Crippen LogP contribution in [-0.2, 0) is 9.53 Å². The van der Waals surface area contributed by atoms with Gasteiger partial charge in [-0.05, 0) is 51.1 Å². The van der Waals surface area contributed by atoms with Gasteiger partial charge in [0.25, 0.3) is 0 Å². The second-order valence-electron chi connectivity index (χ2n) is 7.32. The number of aliphatic hydroxyl groups is 1. The molecular weight excluding hydrogens is 292 g/mol. The maximum Gasteiger partial charge on any atom is 0.249 e. The zero-order chi connectivity index (χ0) is 16.7. The molecule has 1 aliphatic carbocycles. The van der Waals surface area contributed by atoms with Crippen LogP contribution >= 0.6 is 0 Å². The number of hydrogen-bond acceptors (Lipinski definition) is 4. The molecule has 5 nitrogen and oxygen atoms in total. The highest BCUT2D eigenvalue weighted by Crippen LogP contribution is 2.23. The van der Waals surface area contributed by atoms with Gasteiger partial charge in [0.15, 0.2) is 0 Å². The van der Waals surface area contributed by atoms with Crippen molar-refractivity contribution >= 4 is 5.91 Å². The number of aliphatic hydroxyl groups excluding tert-OH is 1. The van der Waals surface area contributed by atoms with E-state index in [1.54, 1.807) is 0 Å². The van der Waals surface area contributed by atoms with E-state index in [2.05, 4.69) is 17.1 Å². The van der Waals surface area contributed by atoms with Crippen LogP contribution in [0, 0.1) is 5.92 Å². The first kappa shape index (κ1) is 18.7. The number of carbonyl (C=O) groups excluding carboxylic acids is 1. The van der Waals surface area contributed by atoms with Gasteiger partial charge in [-0.15, -0.1) is 0 Å². The molecule has 1 saturated heterocycles. The molecule has 1 amide bonds. The molecule has 5 heteroatoms. The highest BCUT2D eigenvalue weighted by atomic mass is 16.5. The van der Waals surface area contributed by atoms with Crippen molar-refractivity contribution in [2.24, 2.45) is 5.92 Å². The van der Waals surface area contributed by atoms with Crippen LogP contribution in [-0.4, -0.2) is 60.4 Å². The Morgan fingerprint density at radius 1 is 1.26 bits per heavy atom. The lowest BCUT2D eigenvalue weighted by molar-refractivity contribution is -0.137. The van der Waals surface area contributed by atoms with Gasteiger partial charge >= 0.3 is 0 Å². The van der Waals surface area contributed by atoms with Crippen LogP contribution in [0.4, 0.5) is 0 Å². The molecule has 134 valence electrons. The number of nitrogens with zero attached hydrogens (tertiary/aromatic N) is 1. The second-order valence-corrected chi connectivity index (χ2v) is 7.32. The van der Waals surface area contributed by atoms with E-state index in [0.29, 0.717) is 19.5 Å². The van der Waals surface area contributed by atoms with E-state index in [1.807, 2.05) is 6.92 Å². The molecule has 1 heterocycles. The fourth-order valence-corrected chi connectivity index (χ4v) is 3.54. The van der Waals surface area contributed by atoms with E-state index in [-0.39, 0.29) is 18.1 Å². The maximum atomic E-state index is 12.2. The Balaban J connectivity index is 1.65. The lowest BCUT2D eigenvalue weighted by Gasteiger charge is -2.31. The summed E-state index contributed by atoms with van der Waals surface area (Å²) >= 11 is 0. The summed E-state index contributed by atoms with van der Waals surface area (Å²) in [4.78, 5) is 14.5. The number of carbonyl (C=O) groups is 1. The molecule has 0 aromatic carbocycles. The quantitative estimate of drug-likeness (QED) is 0.715. The second kappa shape index (κ2) is 9.60. The molecule has 2 fully saturated rings. The Bertz CT molecular complexity index is 350. The average molecular weight is 326 g/mol. The number of β-amino-alcohol motifs (C(OH)–C–C–N with tert-alkyl or cyclic N) is 1. The van der Waals surface area contributed by atoms with Gasteiger partial charge in [0.05, 0.1) is 12.2 Å². The largest absolute Gasteiger partial charge is 0.390 e. The van der Waals surface area contributed by atoms with Crippen molar-refractivity contribution in [3.05, 3.63) is 0 Å². The molecule has 2 rings (SSSR count). The lowest BCUT2D eigenvalue weighted by Crippen LogP contribution is -2.45. The van der Waals surface area contributed by atoms with Gasteiger partial charge in [0.1, 0.15) is 6.10 Å². The van der Waals surface area contributed by atoms with Gasteiger partial charge in [0, 0.05) is 13.1 Å². The summed E-state index contributed by atoms with van der Waals surface area (Å²) in [6.45, 7) is 7.32. The maximum absolute atomic E-state index is 12.2. The van der Waals surface area contributed by atoms with Crippen LogP contribution in [0.2, 0.25) is 0 Å². The molecular formula is C18H34N2O3. The fraction of sp³-hybridized carbons (Fsp3) is 0.944. The Hall–Kier alpha value is -0.650. The van der Waals surface area contributed by atoms with Crippen molar-refractivity contribution in [3.8, 4) is 0 Å². The van der Waals surface area contributed by atoms with E-state index in [0.717, 1.165) is 31.8 Å². The molecule has 23 heavy (non-hydrogen) atoms. The predicted octanol–water partition coefficient (Wildman–Crippen LogP) is 1.93. The predicted molar refractivity (Wildman–Crippen MR) is 91.3 cm³/mol. The number of hydrogen-bond donors (Lipinski definition) is 2. The van der Waals surface area contributed by atoms with Crippen LogP contribution < -0.4 is 5.32 Å². The number of piperidine rings is 1. The van der Waals surface area contributed by atoms with E-state index in [9.17, 15) is 9.90 Å². The van der Waals surface area contributed by atoms with Crippen LogP contribution in [0.15, 0.2) is 0 Å². The van der Waals surface area contributed by atoms with E-state index in [1.165, 1.54) is 25.7 Å². The van der Waals surface area contributed by atoms with Crippen molar-refractivity contribution in [2.45, 2.75) is 77.1 Å². The summed E-state index contributed by atoms with van der Waals surface area (Å²) in [5.74, 6) is 0.715. The smallest absolute Gasteiger partial charge is 0.249 e. The van der Waals surface area contributed by atoms with Crippen molar-refractivity contribution in [1.82, 2.24) is 10.2 Å². The van der Waals surface area contributed by atoms with Gasteiger partial charge in [0.2, 0.25) is 5.91 Å². The summed E-state index contributed by atoms with van der Waals surface area (Å²) in [6.07, 6.45) is 7.00. The van der Waals surface area contributed by atoms with Gasteiger partial charge in [-0.2, -0.15) is 0 Å². The van der Waals surface area contributed by atoms with Crippen LogP contribution in [0.5, 0.6) is 0 Å². The molecule has 0 aromatic heterocycles. The Morgan fingerprint density at radius 3 is 2.52 bits per heavy atom. The first-order valence-electron chi connectivity index (χ1n) is 9.42. The molecule has 0 bridgehead atoms. The van der Waals surface area contributed by atoms with Crippen LogP contribution in [0.25, 0.3) is 0 Å². The minimum absolute atomic E-state index is 0.0780. The molecule has 1 aliphatic heterocycles. The molecule has 1 saturated carbocycles. The first-order chi connectivity index (χ1) is 11.1. The van der Waals surface area contributed by atoms with Gasteiger partial charge in [-0.1, -0.05) is 26.7 Å². The Labute approximate surface area is 140 Å².